The number of carbonyl (C=O) groups excluding carboxylic acids is 2. The van der Waals surface area contributed by atoms with E-state index in [9.17, 15) is 14.9 Å². The normalized spacial score (nSPS) is 12.9. The molecule has 0 fully saturated rings. The summed E-state index contributed by atoms with van der Waals surface area (Å²) in [6.45, 7) is 8.07. The third-order valence-corrected chi connectivity index (χ3v) is 4.49. The van der Waals surface area contributed by atoms with Gasteiger partial charge in [0, 0.05) is 0 Å². The molecular weight excluding hydrogens is 342 g/mol. The van der Waals surface area contributed by atoms with Crippen molar-refractivity contribution in [3.8, 4) is 6.07 Å². The number of carbonyl (C=O) groups is 2. The maximum atomic E-state index is 12.7. The monoisotopic (exact) mass is 373 g/mol. The SMILES string of the molecule is CCC(CC)C(C#N)NC(=O)[C@H](CC(C)C)NC(=O)OCc1ccccc1. The fourth-order valence-corrected chi connectivity index (χ4v) is 2.88. The van der Waals surface area contributed by atoms with Crippen molar-refractivity contribution in [2.75, 3.05) is 0 Å². The minimum Gasteiger partial charge on any atom is -0.445 e. The fourth-order valence-electron chi connectivity index (χ4n) is 2.88. The van der Waals surface area contributed by atoms with E-state index >= 15 is 0 Å². The molecule has 0 heterocycles. The van der Waals surface area contributed by atoms with Crippen LogP contribution in [0.25, 0.3) is 0 Å². The van der Waals surface area contributed by atoms with Gasteiger partial charge in [0.1, 0.15) is 18.7 Å². The molecule has 0 aliphatic rings. The summed E-state index contributed by atoms with van der Waals surface area (Å²) >= 11 is 0. The lowest BCUT2D eigenvalue weighted by Gasteiger charge is -2.24. The van der Waals surface area contributed by atoms with Crippen molar-refractivity contribution in [3.63, 3.8) is 0 Å². The van der Waals surface area contributed by atoms with Gasteiger partial charge in [-0.15, -0.1) is 0 Å². The molecule has 0 aliphatic heterocycles. The third kappa shape index (κ3) is 8.12. The zero-order chi connectivity index (χ0) is 20.2. The lowest BCUT2D eigenvalue weighted by atomic mass is 9.94. The van der Waals surface area contributed by atoms with Crippen molar-refractivity contribution in [3.05, 3.63) is 35.9 Å². The Morgan fingerprint density at radius 3 is 2.26 bits per heavy atom. The Labute approximate surface area is 162 Å². The van der Waals surface area contributed by atoms with Crippen LogP contribution in [0.15, 0.2) is 30.3 Å². The predicted molar refractivity (Wildman–Crippen MR) is 105 cm³/mol. The van der Waals surface area contributed by atoms with Gasteiger partial charge in [0.05, 0.1) is 6.07 Å². The van der Waals surface area contributed by atoms with Crippen molar-refractivity contribution in [1.82, 2.24) is 10.6 Å². The number of amides is 2. The molecule has 0 saturated carbocycles. The first-order chi connectivity index (χ1) is 12.9. The molecule has 1 aromatic rings. The Bertz CT molecular complexity index is 621. The van der Waals surface area contributed by atoms with Crippen LogP contribution in [0.2, 0.25) is 0 Å². The zero-order valence-corrected chi connectivity index (χ0v) is 16.7. The van der Waals surface area contributed by atoms with Gasteiger partial charge in [0.25, 0.3) is 0 Å². The van der Waals surface area contributed by atoms with Crippen LogP contribution in [0.4, 0.5) is 4.79 Å². The zero-order valence-electron chi connectivity index (χ0n) is 16.7. The van der Waals surface area contributed by atoms with Gasteiger partial charge in [0.15, 0.2) is 0 Å². The molecule has 0 bridgehead atoms. The van der Waals surface area contributed by atoms with Crippen LogP contribution in [0, 0.1) is 23.2 Å². The number of hydrogen-bond acceptors (Lipinski definition) is 4. The lowest BCUT2D eigenvalue weighted by molar-refractivity contribution is -0.124. The molecule has 2 N–H and O–H groups in total. The van der Waals surface area contributed by atoms with Crippen LogP contribution in [-0.4, -0.2) is 24.1 Å². The third-order valence-electron chi connectivity index (χ3n) is 4.49. The molecule has 1 rings (SSSR count). The van der Waals surface area contributed by atoms with Gasteiger partial charge < -0.3 is 15.4 Å². The fraction of sp³-hybridized carbons (Fsp3) is 0.571. The first-order valence-electron chi connectivity index (χ1n) is 9.58. The van der Waals surface area contributed by atoms with E-state index in [-0.39, 0.29) is 24.3 Å². The molecule has 0 saturated heterocycles. The molecule has 1 aromatic carbocycles. The van der Waals surface area contributed by atoms with Gasteiger partial charge in [0.2, 0.25) is 5.91 Å². The number of rotatable bonds is 10. The number of hydrogen-bond donors (Lipinski definition) is 2. The van der Waals surface area contributed by atoms with E-state index in [1.807, 2.05) is 58.0 Å². The summed E-state index contributed by atoms with van der Waals surface area (Å²) in [6.07, 6.45) is 1.43. The smallest absolute Gasteiger partial charge is 0.408 e. The highest BCUT2D eigenvalue weighted by Gasteiger charge is 2.27. The minimum atomic E-state index is -0.738. The average Bonchev–Trinajstić information content (AvgIpc) is 2.66. The molecule has 148 valence electrons. The Balaban J connectivity index is 2.69. The Morgan fingerprint density at radius 2 is 1.74 bits per heavy atom. The van der Waals surface area contributed by atoms with Gasteiger partial charge in [-0.3, -0.25) is 4.79 Å². The summed E-state index contributed by atoms with van der Waals surface area (Å²) < 4.78 is 5.22. The molecule has 0 spiro atoms. The van der Waals surface area contributed by atoms with E-state index in [0.29, 0.717) is 6.42 Å². The van der Waals surface area contributed by atoms with E-state index < -0.39 is 18.2 Å². The van der Waals surface area contributed by atoms with Crippen LogP contribution >= 0.6 is 0 Å². The van der Waals surface area contributed by atoms with Gasteiger partial charge in [-0.25, -0.2) is 4.79 Å². The molecule has 0 radical (unpaired) electrons. The highest BCUT2D eigenvalue weighted by molar-refractivity contribution is 5.86. The number of nitrogens with zero attached hydrogens (tertiary/aromatic N) is 1. The molecular formula is C21H31N3O3. The van der Waals surface area contributed by atoms with Gasteiger partial charge in [-0.2, -0.15) is 5.26 Å². The summed E-state index contributed by atoms with van der Waals surface area (Å²) in [5, 5.41) is 14.8. The van der Waals surface area contributed by atoms with Gasteiger partial charge >= 0.3 is 6.09 Å². The summed E-state index contributed by atoms with van der Waals surface area (Å²) in [5.74, 6) is -0.0636. The first-order valence-corrected chi connectivity index (χ1v) is 9.58. The molecule has 27 heavy (non-hydrogen) atoms. The van der Waals surface area contributed by atoms with E-state index in [1.165, 1.54) is 0 Å². The minimum absolute atomic E-state index is 0.0867. The van der Waals surface area contributed by atoms with Crippen LogP contribution < -0.4 is 10.6 Å². The second-order valence-corrected chi connectivity index (χ2v) is 7.08. The standard InChI is InChI=1S/C21H31N3O3/c1-5-17(6-2)19(13-22)23-20(25)18(12-15(3)4)24-21(26)27-14-16-10-8-7-9-11-16/h7-11,15,17-19H,5-6,12,14H2,1-4H3,(H,23,25)(H,24,26)/t18-,19?/m0/s1. The van der Waals surface area contributed by atoms with Crippen LogP contribution in [0.3, 0.4) is 0 Å². The molecule has 1 unspecified atom stereocenters. The summed E-state index contributed by atoms with van der Waals surface area (Å²) in [7, 11) is 0. The van der Waals surface area contributed by atoms with E-state index in [2.05, 4.69) is 16.7 Å². The van der Waals surface area contributed by atoms with Crippen molar-refractivity contribution in [2.24, 2.45) is 11.8 Å². The van der Waals surface area contributed by atoms with Crippen LogP contribution in [0.1, 0.15) is 52.5 Å². The summed E-state index contributed by atoms with van der Waals surface area (Å²) in [5.41, 5.74) is 0.871. The van der Waals surface area contributed by atoms with E-state index in [4.69, 9.17) is 4.74 Å². The first kappa shape index (κ1) is 22.5. The summed E-state index contributed by atoms with van der Waals surface area (Å²) in [6, 6.07) is 10.2. The topological polar surface area (TPSA) is 91.2 Å². The molecule has 2 amide bonds. The number of benzene rings is 1. The van der Waals surface area contributed by atoms with Gasteiger partial charge in [-0.1, -0.05) is 70.9 Å². The average molecular weight is 373 g/mol. The predicted octanol–water partition coefficient (Wildman–Crippen LogP) is 3.77. The maximum absolute atomic E-state index is 12.7. The molecule has 6 nitrogen and oxygen atoms in total. The van der Waals surface area contributed by atoms with Crippen LogP contribution in [0.5, 0.6) is 0 Å². The molecule has 6 heteroatoms. The second-order valence-electron chi connectivity index (χ2n) is 7.08. The highest BCUT2D eigenvalue weighted by atomic mass is 16.5. The highest BCUT2D eigenvalue weighted by Crippen LogP contribution is 2.14. The van der Waals surface area contributed by atoms with Crippen molar-refractivity contribution >= 4 is 12.0 Å². The summed E-state index contributed by atoms with van der Waals surface area (Å²) in [4.78, 5) is 24.8. The van der Waals surface area contributed by atoms with Crippen LogP contribution in [-0.2, 0) is 16.1 Å². The Morgan fingerprint density at radius 1 is 1.11 bits per heavy atom. The Hall–Kier alpha value is -2.55. The maximum Gasteiger partial charge on any atom is 0.408 e. The lowest BCUT2D eigenvalue weighted by Crippen LogP contribution is -2.51. The largest absolute Gasteiger partial charge is 0.445 e. The number of ether oxygens (including phenoxy) is 1. The number of alkyl carbamates (subject to hydrolysis) is 1. The molecule has 0 aromatic heterocycles. The molecule has 0 aliphatic carbocycles. The van der Waals surface area contributed by atoms with Crippen molar-refractivity contribution in [2.45, 2.75) is 65.6 Å². The van der Waals surface area contributed by atoms with Gasteiger partial charge in [-0.05, 0) is 23.8 Å². The van der Waals surface area contributed by atoms with Crippen molar-refractivity contribution < 1.29 is 14.3 Å². The Kier molecular flexibility index (Phi) is 9.95. The van der Waals surface area contributed by atoms with E-state index in [0.717, 1.165) is 18.4 Å². The number of nitrogens with one attached hydrogen (secondary N) is 2. The molecule has 2 atom stereocenters. The number of nitriles is 1. The second kappa shape index (κ2) is 11.9. The van der Waals surface area contributed by atoms with Crippen molar-refractivity contribution in [1.29, 1.82) is 5.26 Å². The quantitative estimate of drug-likeness (QED) is 0.653. The van der Waals surface area contributed by atoms with E-state index in [1.54, 1.807) is 0 Å².